The molecule has 162 valence electrons. The van der Waals surface area contributed by atoms with Gasteiger partial charge < -0.3 is 20.9 Å². The number of nitrogens with one attached hydrogen (secondary N) is 1. The number of hydrogen-bond acceptors (Lipinski definition) is 7. The number of aromatic nitrogens is 1. The van der Waals surface area contributed by atoms with Crippen molar-refractivity contribution in [3.05, 3.63) is 63.5 Å². The number of carbonyl (C=O) groups is 1. The van der Waals surface area contributed by atoms with Gasteiger partial charge in [0.2, 0.25) is 5.78 Å². The van der Waals surface area contributed by atoms with Crippen molar-refractivity contribution in [3.8, 4) is 0 Å². The van der Waals surface area contributed by atoms with Crippen molar-refractivity contribution in [2.75, 3.05) is 49.2 Å². The fraction of sp³-hybridized carbons (Fsp3) is 0.333. The molecule has 0 amide bonds. The van der Waals surface area contributed by atoms with E-state index in [-0.39, 0.29) is 11.6 Å². The molecule has 0 saturated carbocycles. The highest BCUT2D eigenvalue weighted by Gasteiger charge is 2.21. The van der Waals surface area contributed by atoms with Crippen LogP contribution in [0.4, 0.5) is 22.3 Å². The van der Waals surface area contributed by atoms with E-state index < -0.39 is 0 Å². The lowest BCUT2D eigenvalue weighted by Gasteiger charge is -2.34. The highest BCUT2D eigenvalue weighted by atomic mass is 32.1. The van der Waals surface area contributed by atoms with Gasteiger partial charge in [-0.25, -0.2) is 4.98 Å². The van der Waals surface area contributed by atoms with Crippen molar-refractivity contribution in [1.82, 2.24) is 9.88 Å². The minimum Gasteiger partial charge on any atom is -0.382 e. The number of thiazole rings is 1. The van der Waals surface area contributed by atoms with E-state index in [0.29, 0.717) is 15.6 Å². The van der Waals surface area contributed by atoms with Gasteiger partial charge in [-0.3, -0.25) is 4.79 Å². The largest absolute Gasteiger partial charge is 0.382 e. The van der Waals surface area contributed by atoms with E-state index in [1.165, 1.54) is 17.0 Å². The summed E-state index contributed by atoms with van der Waals surface area (Å²) < 4.78 is 0. The lowest BCUT2D eigenvalue weighted by molar-refractivity contribution is 0.104. The molecule has 1 aliphatic rings. The van der Waals surface area contributed by atoms with E-state index in [9.17, 15) is 4.79 Å². The average molecular weight is 436 g/mol. The summed E-state index contributed by atoms with van der Waals surface area (Å²) in [4.78, 5) is 22.8. The van der Waals surface area contributed by atoms with Gasteiger partial charge in [-0.1, -0.05) is 29.0 Å². The summed E-state index contributed by atoms with van der Waals surface area (Å²) in [5.74, 6) is 0.203. The lowest BCUT2D eigenvalue weighted by Crippen LogP contribution is -2.44. The number of benzene rings is 2. The summed E-state index contributed by atoms with van der Waals surface area (Å²) in [6, 6.07) is 12.4. The summed E-state index contributed by atoms with van der Waals surface area (Å²) in [5.41, 5.74) is 12.1. The van der Waals surface area contributed by atoms with E-state index in [4.69, 9.17) is 5.73 Å². The van der Waals surface area contributed by atoms with Crippen molar-refractivity contribution < 1.29 is 4.79 Å². The maximum atomic E-state index is 13.2. The molecule has 4 rings (SSSR count). The van der Waals surface area contributed by atoms with Crippen LogP contribution in [0.1, 0.15) is 31.9 Å². The highest BCUT2D eigenvalue weighted by molar-refractivity contribution is 7.18. The average Bonchev–Trinajstić information content (AvgIpc) is 3.08. The predicted octanol–water partition coefficient (Wildman–Crippen LogP) is 4.38. The normalized spacial score (nSPS) is 14.6. The number of carbonyl (C=O) groups excluding carboxylic acids is 1. The monoisotopic (exact) mass is 435 g/mol. The van der Waals surface area contributed by atoms with Crippen molar-refractivity contribution >= 4 is 39.4 Å². The van der Waals surface area contributed by atoms with Crippen LogP contribution in [0.15, 0.2) is 36.4 Å². The number of piperazine rings is 1. The molecule has 2 aromatic carbocycles. The molecule has 0 atom stereocenters. The molecule has 0 bridgehead atoms. The number of ketones is 1. The van der Waals surface area contributed by atoms with Crippen LogP contribution in [0.2, 0.25) is 0 Å². The third-order valence-corrected chi connectivity index (χ3v) is 6.74. The Morgan fingerprint density at radius 1 is 1.03 bits per heavy atom. The van der Waals surface area contributed by atoms with E-state index >= 15 is 0 Å². The molecule has 0 radical (unpaired) electrons. The number of nitrogens with zero attached hydrogens (tertiary/aromatic N) is 3. The zero-order valence-corrected chi connectivity index (χ0v) is 19.3. The number of hydrogen-bond donors (Lipinski definition) is 2. The Hall–Kier alpha value is -2.90. The SMILES string of the molecule is Cc1cc(C)c(C(=O)c2sc(Nc3ccc(N4CCN(C)CC4)cc3)nc2N)c(C)c1. The van der Waals surface area contributed by atoms with Gasteiger partial charge in [-0.05, 0) is 63.2 Å². The molecule has 1 aromatic heterocycles. The number of anilines is 4. The van der Waals surface area contributed by atoms with Gasteiger partial charge in [0.15, 0.2) is 5.13 Å². The molecule has 3 aromatic rings. The van der Waals surface area contributed by atoms with Crippen LogP contribution < -0.4 is 16.0 Å². The molecule has 3 N–H and O–H groups in total. The van der Waals surface area contributed by atoms with Gasteiger partial charge in [0.25, 0.3) is 0 Å². The van der Waals surface area contributed by atoms with Crippen LogP contribution in [0.25, 0.3) is 0 Å². The Morgan fingerprint density at radius 2 is 1.65 bits per heavy atom. The molecule has 1 fully saturated rings. The van der Waals surface area contributed by atoms with Gasteiger partial charge in [0.1, 0.15) is 10.7 Å². The van der Waals surface area contributed by atoms with Crippen molar-refractivity contribution in [3.63, 3.8) is 0 Å². The van der Waals surface area contributed by atoms with Gasteiger partial charge in [-0.15, -0.1) is 0 Å². The number of rotatable bonds is 5. The Balaban J connectivity index is 1.50. The molecular weight excluding hydrogens is 406 g/mol. The first-order valence-electron chi connectivity index (χ1n) is 10.5. The number of nitrogens with two attached hydrogens (primary N) is 1. The molecular formula is C24H29N5OS. The summed E-state index contributed by atoms with van der Waals surface area (Å²) in [6.07, 6.45) is 0. The first-order valence-corrected chi connectivity index (χ1v) is 11.3. The lowest BCUT2D eigenvalue weighted by atomic mass is 9.96. The summed E-state index contributed by atoms with van der Waals surface area (Å²) in [7, 11) is 2.16. The van der Waals surface area contributed by atoms with Crippen LogP contribution in [-0.4, -0.2) is 48.9 Å². The highest BCUT2D eigenvalue weighted by Crippen LogP contribution is 2.32. The van der Waals surface area contributed by atoms with E-state index in [0.717, 1.165) is 48.6 Å². The van der Waals surface area contributed by atoms with Crippen LogP contribution in [-0.2, 0) is 0 Å². The quantitative estimate of drug-likeness (QED) is 0.580. The Labute approximate surface area is 187 Å². The van der Waals surface area contributed by atoms with Gasteiger partial charge in [0, 0.05) is 43.1 Å². The second-order valence-electron chi connectivity index (χ2n) is 8.30. The molecule has 7 heteroatoms. The van der Waals surface area contributed by atoms with Crippen molar-refractivity contribution in [2.45, 2.75) is 20.8 Å². The second kappa shape index (κ2) is 8.69. The molecule has 31 heavy (non-hydrogen) atoms. The van der Waals surface area contributed by atoms with E-state index in [2.05, 4.69) is 39.3 Å². The van der Waals surface area contributed by atoms with Gasteiger partial charge in [-0.2, -0.15) is 0 Å². The summed E-state index contributed by atoms with van der Waals surface area (Å²) in [5, 5.41) is 3.92. The topological polar surface area (TPSA) is 74.5 Å². The zero-order valence-electron chi connectivity index (χ0n) is 18.5. The van der Waals surface area contributed by atoms with Crippen LogP contribution in [0.3, 0.4) is 0 Å². The maximum absolute atomic E-state index is 13.2. The van der Waals surface area contributed by atoms with Gasteiger partial charge >= 0.3 is 0 Å². The molecule has 1 aliphatic heterocycles. The number of likely N-dealkylation sites (N-methyl/N-ethyl adjacent to an activating group) is 1. The second-order valence-corrected chi connectivity index (χ2v) is 9.30. The molecule has 0 spiro atoms. The third kappa shape index (κ3) is 4.57. The van der Waals surface area contributed by atoms with Crippen LogP contribution >= 0.6 is 11.3 Å². The molecule has 0 aliphatic carbocycles. The minimum atomic E-state index is -0.0662. The number of nitrogen functional groups attached to an aromatic ring is 1. The Bertz CT molecular complexity index is 1070. The Kier molecular flexibility index (Phi) is 5.98. The van der Waals surface area contributed by atoms with Gasteiger partial charge in [0.05, 0.1) is 0 Å². The van der Waals surface area contributed by atoms with Crippen LogP contribution in [0, 0.1) is 20.8 Å². The Morgan fingerprint density at radius 3 is 2.26 bits per heavy atom. The molecule has 0 unspecified atom stereocenters. The first-order chi connectivity index (χ1) is 14.8. The van der Waals surface area contributed by atoms with E-state index in [1.807, 2.05) is 45.0 Å². The van der Waals surface area contributed by atoms with E-state index in [1.54, 1.807) is 0 Å². The van der Waals surface area contributed by atoms with Crippen LogP contribution in [0.5, 0.6) is 0 Å². The fourth-order valence-corrected chi connectivity index (χ4v) is 4.99. The minimum absolute atomic E-state index is 0.0662. The maximum Gasteiger partial charge on any atom is 0.207 e. The first kappa shape index (κ1) is 21.3. The summed E-state index contributed by atoms with van der Waals surface area (Å²) >= 11 is 1.30. The smallest absolute Gasteiger partial charge is 0.207 e. The predicted molar refractivity (Wildman–Crippen MR) is 130 cm³/mol. The standard InChI is InChI=1S/C24H29N5OS/c1-15-13-16(2)20(17(3)14-15)21(30)22-23(25)27-24(31-22)26-18-5-7-19(8-6-18)29-11-9-28(4)10-12-29/h5-8,13-14H,9-12,25H2,1-4H3,(H,26,27). The molecule has 6 nitrogen and oxygen atoms in total. The zero-order chi connectivity index (χ0) is 22.1. The van der Waals surface area contributed by atoms with Crippen molar-refractivity contribution in [2.24, 2.45) is 0 Å². The number of aryl methyl sites for hydroxylation is 3. The third-order valence-electron chi connectivity index (χ3n) is 5.75. The summed E-state index contributed by atoms with van der Waals surface area (Å²) in [6.45, 7) is 10.2. The molecule has 1 saturated heterocycles. The fourth-order valence-electron chi connectivity index (χ4n) is 4.14. The molecule has 2 heterocycles. The van der Waals surface area contributed by atoms with Crippen molar-refractivity contribution in [1.29, 1.82) is 0 Å².